The van der Waals surface area contributed by atoms with Crippen molar-refractivity contribution in [1.29, 1.82) is 0 Å². The lowest BCUT2D eigenvalue weighted by atomic mass is 9.99. The second kappa shape index (κ2) is 8.44. The molecule has 0 saturated carbocycles. The van der Waals surface area contributed by atoms with Gasteiger partial charge in [0.15, 0.2) is 5.82 Å². The molecule has 156 valence electrons. The van der Waals surface area contributed by atoms with Gasteiger partial charge in [-0.1, -0.05) is 60.2 Å². The second-order valence-corrected chi connectivity index (χ2v) is 8.45. The molecule has 1 aliphatic heterocycles. The molecule has 5 nitrogen and oxygen atoms in total. The summed E-state index contributed by atoms with van der Waals surface area (Å²) in [6, 6.07) is 21.2. The van der Waals surface area contributed by atoms with Crippen LogP contribution in [0, 0.1) is 13.8 Å². The van der Waals surface area contributed by atoms with Crippen molar-refractivity contribution in [2.45, 2.75) is 39.8 Å². The van der Waals surface area contributed by atoms with Gasteiger partial charge in [-0.25, -0.2) is 9.97 Å². The van der Waals surface area contributed by atoms with E-state index in [1.165, 1.54) is 22.4 Å². The number of nitrogens with zero attached hydrogens (tertiary/aromatic N) is 4. The van der Waals surface area contributed by atoms with E-state index in [1.54, 1.807) is 0 Å². The van der Waals surface area contributed by atoms with Crippen LogP contribution < -0.4 is 0 Å². The molecule has 0 radical (unpaired) electrons. The summed E-state index contributed by atoms with van der Waals surface area (Å²) in [5.74, 6) is 0.817. The van der Waals surface area contributed by atoms with Crippen LogP contribution in [0.5, 0.6) is 0 Å². The van der Waals surface area contributed by atoms with E-state index in [0.29, 0.717) is 6.42 Å². The fourth-order valence-corrected chi connectivity index (χ4v) is 4.23. The van der Waals surface area contributed by atoms with E-state index in [1.807, 2.05) is 6.92 Å². The van der Waals surface area contributed by atoms with Crippen LogP contribution in [-0.4, -0.2) is 31.6 Å². The van der Waals surface area contributed by atoms with E-state index >= 15 is 0 Å². The van der Waals surface area contributed by atoms with Gasteiger partial charge in [-0.05, 0) is 25.5 Å². The first-order chi connectivity index (χ1) is 15.1. The van der Waals surface area contributed by atoms with Crippen molar-refractivity contribution in [3.8, 4) is 11.4 Å². The molecule has 0 atom stereocenters. The Labute approximate surface area is 183 Å². The molecule has 1 N–H and O–H groups in total. The van der Waals surface area contributed by atoms with Gasteiger partial charge in [-0.2, -0.15) is 5.10 Å². The van der Waals surface area contributed by atoms with E-state index in [0.717, 1.165) is 54.5 Å². The number of benzene rings is 2. The molecule has 0 unspecified atom stereocenters. The molecule has 2 aromatic carbocycles. The van der Waals surface area contributed by atoms with Crippen LogP contribution in [0.4, 0.5) is 0 Å². The number of nitrogens with one attached hydrogen (secondary N) is 1. The summed E-state index contributed by atoms with van der Waals surface area (Å²) in [6.07, 6.45) is 1.66. The molecule has 0 bridgehead atoms. The largest absolute Gasteiger partial charge is 0.294 e. The number of hydrogen-bond donors (Lipinski definition) is 1. The Morgan fingerprint density at radius 3 is 2.52 bits per heavy atom. The first-order valence-electron chi connectivity index (χ1n) is 10.9. The lowest BCUT2D eigenvalue weighted by Crippen LogP contribution is -2.32. The standard InChI is InChI=1S/C26H27N5/c1-18-8-10-21(11-9-18)26-27-24-12-13-31(16-20-6-4-3-5-7-20)17-23(24)25(28-26)15-22-14-19(2)29-30-22/h3-11,14H,12-13,15-17H2,1-2H3,(H,29,30). The van der Waals surface area contributed by atoms with Crippen molar-refractivity contribution in [2.75, 3.05) is 6.54 Å². The van der Waals surface area contributed by atoms with Crippen LogP contribution in [0.15, 0.2) is 60.7 Å². The second-order valence-electron chi connectivity index (χ2n) is 8.45. The van der Waals surface area contributed by atoms with Gasteiger partial charge in [-0.3, -0.25) is 10.00 Å². The number of aryl methyl sites for hydroxylation is 2. The first kappa shape index (κ1) is 19.6. The van der Waals surface area contributed by atoms with Gasteiger partial charge >= 0.3 is 0 Å². The summed E-state index contributed by atoms with van der Waals surface area (Å²) in [5, 5.41) is 7.52. The van der Waals surface area contributed by atoms with Gasteiger partial charge in [0.05, 0.1) is 17.1 Å². The number of H-pyrrole nitrogens is 1. The third-order valence-corrected chi connectivity index (χ3v) is 5.89. The quantitative estimate of drug-likeness (QED) is 0.522. The molecule has 0 aliphatic carbocycles. The highest BCUT2D eigenvalue weighted by Crippen LogP contribution is 2.27. The number of aromatic amines is 1. The van der Waals surface area contributed by atoms with Gasteiger partial charge in [-0.15, -0.1) is 0 Å². The van der Waals surface area contributed by atoms with Crippen molar-refractivity contribution in [3.63, 3.8) is 0 Å². The monoisotopic (exact) mass is 409 g/mol. The molecule has 2 aromatic heterocycles. The van der Waals surface area contributed by atoms with Crippen molar-refractivity contribution in [1.82, 2.24) is 25.1 Å². The van der Waals surface area contributed by atoms with Crippen molar-refractivity contribution in [3.05, 3.63) is 100 Å². The van der Waals surface area contributed by atoms with Gasteiger partial charge < -0.3 is 0 Å². The number of aromatic nitrogens is 4. The fraction of sp³-hybridized carbons (Fsp3) is 0.269. The molecule has 31 heavy (non-hydrogen) atoms. The number of fused-ring (bicyclic) bond motifs is 1. The minimum Gasteiger partial charge on any atom is -0.294 e. The maximum absolute atomic E-state index is 5.04. The van der Waals surface area contributed by atoms with Gasteiger partial charge in [0.2, 0.25) is 0 Å². The Kier molecular flexibility index (Phi) is 5.35. The lowest BCUT2D eigenvalue weighted by Gasteiger charge is -2.29. The summed E-state index contributed by atoms with van der Waals surface area (Å²) in [4.78, 5) is 12.5. The minimum atomic E-state index is 0.716. The summed E-state index contributed by atoms with van der Waals surface area (Å²) in [7, 11) is 0. The number of hydrogen-bond acceptors (Lipinski definition) is 4. The molecule has 4 aromatic rings. The normalized spacial score (nSPS) is 13.9. The fourth-order valence-electron chi connectivity index (χ4n) is 4.23. The predicted octanol–water partition coefficient (Wildman–Crippen LogP) is 4.63. The Bertz CT molecular complexity index is 1180. The van der Waals surface area contributed by atoms with Gasteiger partial charge in [0, 0.05) is 49.3 Å². The molecule has 0 amide bonds. The van der Waals surface area contributed by atoms with E-state index < -0.39 is 0 Å². The molecule has 1 aliphatic rings. The van der Waals surface area contributed by atoms with Crippen molar-refractivity contribution in [2.24, 2.45) is 0 Å². The Balaban J connectivity index is 1.50. The van der Waals surface area contributed by atoms with Crippen LogP contribution in [0.1, 0.15) is 39.5 Å². The molecular weight excluding hydrogens is 382 g/mol. The van der Waals surface area contributed by atoms with E-state index in [2.05, 4.69) is 82.7 Å². The summed E-state index contributed by atoms with van der Waals surface area (Å²) >= 11 is 0. The molecule has 5 rings (SSSR count). The molecule has 5 heteroatoms. The average Bonchev–Trinajstić information content (AvgIpc) is 3.20. The van der Waals surface area contributed by atoms with Crippen molar-refractivity contribution >= 4 is 0 Å². The zero-order valence-electron chi connectivity index (χ0n) is 18.1. The zero-order chi connectivity index (χ0) is 21.2. The van der Waals surface area contributed by atoms with E-state index in [9.17, 15) is 0 Å². The van der Waals surface area contributed by atoms with Gasteiger partial charge in [0.1, 0.15) is 0 Å². The van der Waals surface area contributed by atoms with E-state index in [-0.39, 0.29) is 0 Å². The molecule has 0 fully saturated rings. The maximum Gasteiger partial charge on any atom is 0.159 e. The first-order valence-corrected chi connectivity index (χ1v) is 10.9. The van der Waals surface area contributed by atoms with Crippen LogP contribution in [0.2, 0.25) is 0 Å². The van der Waals surface area contributed by atoms with E-state index in [4.69, 9.17) is 9.97 Å². The smallest absolute Gasteiger partial charge is 0.159 e. The summed E-state index contributed by atoms with van der Waals surface area (Å²) in [6.45, 7) is 6.96. The predicted molar refractivity (Wildman–Crippen MR) is 123 cm³/mol. The maximum atomic E-state index is 5.04. The zero-order valence-corrected chi connectivity index (χ0v) is 18.1. The van der Waals surface area contributed by atoms with Crippen LogP contribution in [0.25, 0.3) is 11.4 Å². The van der Waals surface area contributed by atoms with Crippen LogP contribution in [0.3, 0.4) is 0 Å². The Morgan fingerprint density at radius 1 is 0.968 bits per heavy atom. The molecule has 3 heterocycles. The molecular formula is C26H27N5. The number of rotatable bonds is 5. The highest BCUT2D eigenvalue weighted by atomic mass is 15.1. The molecule has 0 spiro atoms. The third kappa shape index (κ3) is 4.42. The van der Waals surface area contributed by atoms with Crippen LogP contribution in [-0.2, 0) is 25.9 Å². The minimum absolute atomic E-state index is 0.716. The lowest BCUT2D eigenvalue weighted by molar-refractivity contribution is 0.242. The van der Waals surface area contributed by atoms with Crippen molar-refractivity contribution < 1.29 is 0 Å². The SMILES string of the molecule is Cc1ccc(-c2nc3c(c(Cc4cc(C)[nH]n4)n2)CN(Cc2ccccc2)CC3)cc1. The highest BCUT2D eigenvalue weighted by molar-refractivity contribution is 5.56. The molecule has 0 saturated heterocycles. The third-order valence-electron chi connectivity index (χ3n) is 5.89. The average molecular weight is 410 g/mol. The summed E-state index contributed by atoms with van der Waals surface area (Å²) in [5.41, 5.74) is 9.27. The Morgan fingerprint density at radius 2 is 1.77 bits per heavy atom. The Hall–Kier alpha value is -3.31. The highest BCUT2D eigenvalue weighted by Gasteiger charge is 2.23. The van der Waals surface area contributed by atoms with Gasteiger partial charge in [0.25, 0.3) is 0 Å². The topological polar surface area (TPSA) is 57.7 Å². The van der Waals surface area contributed by atoms with Crippen LogP contribution >= 0.6 is 0 Å². The summed E-state index contributed by atoms with van der Waals surface area (Å²) < 4.78 is 0.